The average Bonchev–Trinajstić information content (AvgIpc) is 2.65. The van der Waals surface area contributed by atoms with E-state index in [1.807, 2.05) is 0 Å². The van der Waals surface area contributed by atoms with Crippen LogP contribution in [0.4, 0.5) is 0 Å². The van der Waals surface area contributed by atoms with Gasteiger partial charge in [-0.25, -0.2) is 4.79 Å². The lowest BCUT2D eigenvalue weighted by molar-refractivity contribution is -0.146. The first-order valence-corrected chi connectivity index (χ1v) is 10.8. The number of hydrogen-bond donors (Lipinski definition) is 0. The van der Waals surface area contributed by atoms with Gasteiger partial charge in [0.2, 0.25) is 0 Å². The number of hydrogen-bond acceptors (Lipinski definition) is 3. The van der Waals surface area contributed by atoms with Crippen LogP contribution in [0.25, 0.3) is 0 Å². The van der Waals surface area contributed by atoms with Crippen LogP contribution in [0.5, 0.6) is 0 Å². The summed E-state index contributed by atoms with van der Waals surface area (Å²) in [4.78, 5) is 14.6. The molecule has 3 aliphatic rings. The predicted octanol–water partition coefficient (Wildman–Crippen LogP) is 5.24. The Kier molecular flexibility index (Phi) is 6.98. The van der Waals surface area contributed by atoms with E-state index in [-0.39, 0.29) is 12.1 Å². The van der Waals surface area contributed by atoms with Gasteiger partial charge in [0, 0.05) is 24.2 Å². The van der Waals surface area contributed by atoms with E-state index >= 15 is 0 Å². The molecule has 0 N–H and O–H groups in total. The Balaban J connectivity index is 1.68. The molecular weight excluding hydrogens is 310 g/mol. The number of nitrogens with zero attached hydrogens (tertiary/aromatic N) is 1. The summed E-state index contributed by atoms with van der Waals surface area (Å²) in [5, 5.41) is 0. The highest BCUT2D eigenvalue weighted by molar-refractivity contribution is 5.81. The molecule has 0 aromatic rings. The summed E-state index contributed by atoms with van der Waals surface area (Å²) in [6.07, 6.45) is 18.4. The van der Waals surface area contributed by atoms with Gasteiger partial charge in [0.1, 0.15) is 6.10 Å². The van der Waals surface area contributed by atoms with Crippen molar-refractivity contribution in [3.8, 4) is 0 Å². The minimum absolute atomic E-state index is 0.0952. The quantitative estimate of drug-likeness (QED) is 0.503. The molecule has 3 heteroatoms. The second-order valence-corrected chi connectivity index (χ2v) is 8.74. The Morgan fingerprint density at radius 3 is 2.20 bits per heavy atom. The maximum absolute atomic E-state index is 11.6. The molecule has 0 aliphatic heterocycles. The first-order valence-electron chi connectivity index (χ1n) is 10.8. The molecule has 0 heterocycles. The lowest BCUT2D eigenvalue weighted by Gasteiger charge is -2.49. The lowest BCUT2D eigenvalue weighted by Crippen LogP contribution is -2.53. The molecule has 0 amide bonds. The normalized spacial score (nSPS) is 34.6. The van der Waals surface area contributed by atoms with Crippen molar-refractivity contribution in [3.05, 3.63) is 12.7 Å². The second kappa shape index (κ2) is 9.21. The van der Waals surface area contributed by atoms with Crippen LogP contribution in [0.15, 0.2) is 12.7 Å². The molecule has 3 rings (SSSR count). The zero-order valence-electron chi connectivity index (χ0n) is 16.1. The first kappa shape index (κ1) is 18.9. The van der Waals surface area contributed by atoms with E-state index in [1.165, 1.54) is 76.7 Å². The van der Waals surface area contributed by atoms with Crippen LogP contribution in [0, 0.1) is 5.92 Å². The Hall–Kier alpha value is -0.830. The van der Waals surface area contributed by atoms with Crippen LogP contribution in [0.1, 0.15) is 90.4 Å². The van der Waals surface area contributed by atoms with Gasteiger partial charge in [-0.15, -0.1) is 0 Å². The number of carbonyl (C=O) groups is 1. The first-order chi connectivity index (χ1) is 12.2. The van der Waals surface area contributed by atoms with E-state index < -0.39 is 0 Å². The largest absolute Gasteiger partial charge is 0.459 e. The molecule has 0 spiro atoms. The van der Waals surface area contributed by atoms with Crippen LogP contribution in [0.2, 0.25) is 0 Å². The van der Waals surface area contributed by atoms with Gasteiger partial charge < -0.3 is 4.74 Å². The van der Waals surface area contributed by atoms with Crippen molar-refractivity contribution in [2.75, 3.05) is 0 Å². The van der Waals surface area contributed by atoms with Gasteiger partial charge in [-0.05, 0) is 70.1 Å². The summed E-state index contributed by atoms with van der Waals surface area (Å²) in [6.45, 7) is 5.96. The highest BCUT2D eigenvalue weighted by Gasteiger charge is 2.37. The summed E-state index contributed by atoms with van der Waals surface area (Å²) in [5.41, 5.74) is 0. The van der Waals surface area contributed by atoms with Crippen LogP contribution in [-0.2, 0) is 9.53 Å². The van der Waals surface area contributed by atoms with Crippen molar-refractivity contribution in [2.24, 2.45) is 5.92 Å². The van der Waals surface area contributed by atoms with Crippen molar-refractivity contribution >= 4 is 5.97 Å². The molecule has 25 heavy (non-hydrogen) atoms. The van der Waals surface area contributed by atoms with Gasteiger partial charge in [-0.2, -0.15) is 0 Å². The van der Waals surface area contributed by atoms with Crippen LogP contribution in [-0.4, -0.2) is 35.1 Å². The summed E-state index contributed by atoms with van der Waals surface area (Å²) in [5.74, 6) is 0.651. The zero-order chi connectivity index (χ0) is 17.6. The summed E-state index contributed by atoms with van der Waals surface area (Å²) >= 11 is 0. The number of rotatable bonds is 5. The van der Waals surface area contributed by atoms with E-state index in [0.717, 1.165) is 30.8 Å². The Bertz CT molecular complexity index is 435. The zero-order valence-corrected chi connectivity index (χ0v) is 16.1. The molecule has 3 aliphatic carbocycles. The highest BCUT2D eigenvalue weighted by atomic mass is 16.5. The fourth-order valence-corrected chi connectivity index (χ4v) is 5.52. The number of ether oxygens (including phenoxy) is 1. The molecule has 0 aromatic carbocycles. The van der Waals surface area contributed by atoms with Crippen LogP contribution < -0.4 is 0 Å². The Morgan fingerprint density at radius 2 is 1.52 bits per heavy atom. The molecule has 0 bridgehead atoms. The third-order valence-corrected chi connectivity index (χ3v) is 6.87. The van der Waals surface area contributed by atoms with Crippen LogP contribution in [0.3, 0.4) is 0 Å². The molecule has 2 atom stereocenters. The number of carbonyl (C=O) groups excluding carboxylic acids is 1. The second-order valence-electron chi connectivity index (χ2n) is 8.74. The van der Waals surface area contributed by atoms with Crippen molar-refractivity contribution in [3.63, 3.8) is 0 Å². The van der Waals surface area contributed by atoms with Gasteiger partial charge in [0.05, 0.1) is 0 Å². The van der Waals surface area contributed by atoms with E-state index in [9.17, 15) is 4.79 Å². The molecule has 3 nitrogen and oxygen atoms in total. The van der Waals surface area contributed by atoms with E-state index in [0.29, 0.717) is 6.04 Å². The lowest BCUT2D eigenvalue weighted by atomic mass is 9.81. The van der Waals surface area contributed by atoms with Crippen molar-refractivity contribution < 1.29 is 9.53 Å². The third kappa shape index (κ3) is 5.09. The molecule has 0 aromatic heterocycles. The molecular formula is C22H37NO2. The van der Waals surface area contributed by atoms with Crippen molar-refractivity contribution in [1.29, 1.82) is 0 Å². The smallest absolute Gasteiger partial charge is 0.330 e. The maximum Gasteiger partial charge on any atom is 0.330 e. The minimum atomic E-state index is -0.249. The molecule has 2 unspecified atom stereocenters. The molecule has 3 fully saturated rings. The van der Waals surface area contributed by atoms with E-state index in [1.54, 1.807) is 0 Å². The molecule has 0 saturated heterocycles. The SMILES string of the molecule is C=CC(=O)OC1CCCC(N(C2CCCCC2)C2CCC(C)CC2)C1. The molecule has 142 valence electrons. The van der Waals surface area contributed by atoms with Gasteiger partial charge in [0.15, 0.2) is 0 Å². The van der Waals surface area contributed by atoms with Gasteiger partial charge in [-0.1, -0.05) is 32.8 Å². The average molecular weight is 348 g/mol. The van der Waals surface area contributed by atoms with Crippen LogP contribution >= 0.6 is 0 Å². The van der Waals surface area contributed by atoms with E-state index in [4.69, 9.17) is 4.74 Å². The maximum atomic E-state index is 11.6. The molecule has 0 radical (unpaired) electrons. The Labute approximate surface area is 154 Å². The highest BCUT2D eigenvalue weighted by Crippen LogP contribution is 2.37. The Morgan fingerprint density at radius 1 is 0.880 bits per heavy atom. The van der Waals surface area contributed by atoms with Gasteiger partial charge >= 0.3 is 5.97 Å². The fourth-order valence-electron chi connectivity index (χ4n) is 5.52. The topological polar surface area (TPSA) is 29.5 Å². The minimum Gasteiger partial charge on any atom is -0.459 e. The monoisotopic (exact) mass is 347 g/mol. The van der Waals surface area contributed by atoms with Gasteiger partial charge in [-0.3, -0.25) is 4.90 Å². The summed E-state index contributed by atoms with van der Waals surface area (Å²) in [7, 11) is 0. The predicted molar refractivity (Wildman–Crippen MR) is 102 cm³/mol. The van der Waals surface area contributed by atoms with Gasteiger partial charge in [0.25, 0.3) is 0 Å². The summed E-state index contributed by atoms with van der Waals surface area (Å²) in [6, 6.07) is 2.14. The van der Waals surface area contributed by atoms with Crippen molar-refractivity contribution in [2.45, 2.75) is 115 Å². The van der Waals surface area contributed by atoms with Crippen molar-refractivity contribution in [1.82, 2.24) is 4.90 Å². The third-order valence-electron chi connectivity index (χ3n) is 6.87. The number of esters is 1. The standard InChI is InChI=1S/C22H37NO2/c1-3-22(24)25-21-11-7-10-20(16-21)23(18-8-5-4-6-9-18)19-14-12-17(2)13-15-19/h3,17-21H,1,4-16H2,2H3. The van der Waals surface area contributed by atoms with E-state index in [2.05, 4.69) is 18.4 Å². The fraction of sp³-hybridized carbons (Fsp3) is 0.864. The summed E-state index contributed by atoms with van der Waals surface area (Å²) < 4.78 is 5.63. The molecule has 3 saturated carbocycles.